The summed E-state index contributed by atoms with van der Waals surface area (Å²) in [6.45, 7) is 9.84. The van der Waals surface area contributed by atoms with E-state index >= 15 is 0 Å². The van der Waals surface area contributed by atoms with Crippen LogP contribution in [0.2, 0.25) is 0 Å². The Morgan fingerprint density at radius 3 is 2.23 bits per heavy atom. The molecule has 0 radical (unpaired) electrons. The second kappa shape index (κ2) is 7.91. The lowest BCUT2D eigenvalue weighted by atomic mass is 9.68. The van der Waals surface area contributed by atoms with E-state index in [1.54, 1.807) is 11.2 Å². The number of sulfonamides is 1. The number of anilines is 1. The van der Waals surface area contributed by atoms with Crippen LogP contribution < -0.4 is 4.90 Å². The molecule has 4 aliphatic rings. The average molecular weight is 440 g/mol. The van der Waals surface area contributed by atoms with Crippen molar-refractivity contribution in [3.05, 3.63) is 64.7 Å². The molecule has 166 valence electrons. The second-order valence-corrected chi connectivity index (χ2v) is 11.6. The van der Waals surface area contributed by atoms with Gasteiger partial charge in [-0.3, -0.25) is 4.90 Å². The molecule has 5 nitrogen and oxygen atoms in total. The number of piperidine rings is 1. The molecule has 0 saturated carbocycles. The summed E-state index contributed by atoms with van der Waals surface area (Å²) in [6, 6.07) is 16.2. The summed E-state index contributed by atoms with van der Waals surface area (Å²) < 4.78 is 26.0. The van der Waals surface area contributed by atoms with Gasteiger partial charge >= 0.3 is 0 Å². The van der Waals surface area contributed by atoms with E-state index in [1.165, 1.54) is 40.8 Å². The number of aryl methyl sites for hydroxylation is 1. The van der Waals surface area contributed by atoms with E-state index in [4.69, 9.17) is 0 Å². The Hall–Kier alpha value is -1.89. The molecule has 0 amide bonds. The Balaban J connectivity index is 1.45. The van der Waals surface area contributed by atoms with E-state index in [2.05, 4.69) is 59.2 Å². The zero-order valence-electron chi connectivity index (χ0n) is 18.7. The predicted molar refractivity (Wildman–Crippen MR) is 126 cm³/mol. The van der Waals surface area contributed by atoms with Crippen molar-refractivity contribution in [3.63, 3.8) is 0 Å². The van der Waals surface area contributed by atoms with E-state index in [-0.39, 0.29) is 11.2 Å². The molecule has 0 aliphatic carbocycles. The van der Waals surface area contributed by atoms with Gasteiger partial charge in [0.1, 0.15) is 0 Å². The van der Waals surface area contributed by atoms with E-state index in [1.807, 2.05) is 0 Å². The average Bonchev–Trinajstić information content (AvgIpc) is 3.06. The minimum absolute atomic E-state index is 0.114. The minimum Gasteiger partial charge on any atom is -0.369 e. The topological polar surface area (TPSA) is 43.9 Å². The van der Waals surface area contributed by atoms with Crippen LogP contribution in [0.3, 0.4) is 0 Å². The third-order valence-electron chi connectivity index (χ3n) is 7.67. The number of hydrogen-bond acceptors (Lipinski definition) is 4. The molecule has 2 saturated heterocycles. The highest BCUT2D eigenvalue weighted by atomic mass is 32.2. The maximum absolute atomic E-state index is 12.2. The summed E-state index contributed by atoms with van der Waals surface area (Å²) in [4.78, 5) is 4.94. The van der Waals surface area contributed by atoms with E-state index in [0.29, 0.717) is 13.1 Å². The highest BCUT2D eigenvalue weighted by Crippen LogP contribution is 2.47. The first-order valence-electron chi connectivity index (χ1n) is 11.6. The van der Waals surface area contributed by atoms with Crippen LogP contribution in [0.15, 0.2) is 42.5 Å². The van der Waals surface area contributed by atoms with Gasteiger partial charge in [-0.15, -0.1) is 0 Å². The molecule has 2 bridgehead atoms. The predicted octanol–water partition coefficient (Wildman–Crippen LogP) is 3.36. The maximum Gasteiger partial charge on any atom is 0.213 e. The van der Waals surface area contributed by atoms with E-state index < -0.39 is 10.0 Å². The third-order valence-corrected chi connectivity index (χ3v) is 9.56. The minimum atomic E-state index is -3.09. The van der Waals surface area contributed by atoms with Crippen molar-refractivity contribution in [2.24, 2.45) is 0 Å². The molecular weight excluding hydrogens is 406 g/mol. The smallest absolute Gasteiger partial charge is 0.213 e. The molecule has 31 heavy (non-hydrogen) atoms. The lowest BCUT2D eigenvalue weighted by Crippen LogP contribution is -2.49. The van der Waals surface area contributed by atoms with Gasteiger partial charge in [0.25, 0.3) is 0 Å². The first-order valence-corrected chi connectivity index (χ1v) is 13.2. The second-order valence-electron chi connectivity index (χ2n) is 9.35. The van der Waals surface area contributed by atoms with Gasteiger partial charge in [0.05, 0.1) is 5.75 Å². The molecule has 0 atom stereocenters. The third kappa shape index (κ3) is 3.69. The summed E-state index contributed by atoms with van der Waals surface area (Å²) >= 11 is 0. The molecule has 6 rings (SSSR count). The summed E-state index contributed by atoms with van der Waals surface area (Å²) in [5, 5.41) is 0. The van der Waals surface area contributed by atoms with Crippen molar-refractivity contribution >= 4 is 15.7 Å². The number of fused-ring (bicyclic) bond motifs is 2. The molecule has 4 heterocycles. The highest BCUT2D eigenvalue weighted by Gasteiger charge is 2.42. The molecule has 0 unspecified atom stereocenters. The zero-order chi connectivity index (χ0) is 21.6. The quantitative estimate of drug-likeness (QED) is 0.733. The van der Waals surface area contributed by atoms with Crippen molar-refractivity contribution in [2.75, 3.05) is 49.9 Å². The van der Waals surface area contributed by atoms with Gasteiger partial charge in [-0.05, 0) is 68.6 Å². The van der Waals surface area contributed by atoms with Crippen LogP contribution in [0.1, 0.15) is 42.0 Å². The van der Waals surface area contributed by atoms with Crippen LogP contribution in [0.4, 0.5) is 5.69 Å². The molecule has 0 aromatic heterocycles. The number of rotatable bonds is 4. The van der Waals surface area contributed by atoms with Gasteiger partial charge in [-0.2, -0.15) is 4.31 Å². The van der Waals surface area contributed by atoms with Crippen molar-refractivity contribution in [1.82, 2.24) is 9.21 Å². The van der Waals surface area contributed by atoms with Gasteiger partial charge in [0, 0.05) is 43.8 Å². The van der Waals surface area contributed by atoms with Crippen molar-refractivity contribution in [2.45, 2.75) is 38.6 Å². The fraction of sp³-hybridized carbons (Fsp3) is 0.520. The van der Waals surface area contributed by atoms with Crippen LogP contribution in [-0.2, 0) is 22.0 Å². The van der Waals surface area contributed by atoms with Crippen LogP contribution >= 0.6 is 0 Å². The highest BCUT2D eigenvalue weighted by molar-refractivity contribution is 7.89. The zero-order valence-corrected chi connectivity index (χ0v) is 19.5. The molecule has 0 spiro atoms. The maximum atomic E-state index is 12.2. The normalized spacial score (nSPS) is 26.5. The Kier molecular flexibility index (Phi) is 5.35. The summed E-state index contributed by atoms with van der Waals surface area (Å²) in [5.41, 5.74) is 7.04. The van der Waals surface area contributed by atoms with E-state index in [0.717, 1.165) is 32.7 Å². The standard InChI is InChI=1S/C25H33N3O2S/c1-3-31(29,30)28-16-14-27(15-17-28)23-8-9-24-21(18-23)19-26-12-10-25(24,11-13-26)22-6-4-20(2)5-7-22/h4-9,18H,3,10-17,19H2,1-2H3. The van der Waals surface area contributed by atoms with Crippen molar-refractivity contribution in [1.29, 1.82) is 0 Å². The summed E-state index contributed by atoms with van der Waals surface area (Å²) in [5.74, 6) is 0.183. The molecule has 0 N–H and O–H groups in total. The van der Waals surface area contributed by atoms with Crippen LogP contribution in [0, 0.1) is 6.92 Å². The Bertz CT molecular complexity index is 1050. The Labute approximate surface area is 186 Å². The summed E-state index contributed by atoms with van der Waals surface area (Å²) in [7, 11) is -3.09. The number of nitrogens with zero attached hydrogens (tertiary/aromatic N) is 3. The first-order chi connectivity index (χ1) is 14.9. The molecule has 6 heteroatoms. The molecule has 4 aliphatic heterocycles. The van der Waals surface area contributed by atoms with Gasteiger partial charge in [-0.1, -0.05) is 35.9 Å². The molecule has 2 aromatic carbocycles. The largest absolute Gasteiger partial charge is 0.369 e. The Morgan fingerprint density at radius 2 is 1.58 bits per heavy atom. The Morgan fingerprint density at radius 1 is 0.903 bits per heavy atom. The molecule has 2 aromatic rings. The monoisotopic (exact) mass is 439 g/mol. The first kappa shape index (κ1) is 21.0. The molecule has 2 fully saturated rings. The molecular formula is C25H33N3O2S. The fourth-order valence-electron chi connectivity index (χ4n) is 5.70. The number of piperazine rings is 1. The fourth-order valence-corrected chi connectivity index (χ4v) is 6.79. The van der Waals surface area contributed by atoms with E-state index in [9.17, 15) is 8.42 Å². The van der Waals surface area contributed by atoms with Crippen LogP contribution in [0.5, 0.6) is 0 Å². The van der Waals surface area contributed by atoms with Gasteiger partial charge in [0.2, 0.25) is 10.0 Å². The van der Waals surface area contributed by atoms with Gasteiger partial charge in [0.15, 0.2) is 0 Å². The number of benzene rings is 2. The SMILES string of the molecule is CCS(=O)(=O)N1CCN(c2ccc3c(c2)CN2CCC3(c3ccc(C)cc3)CC2)CC1. The number of hydrogen-bond donors (Lipinski definition) is 0. The van der Waals surface area contributed by atoms with Crippen molar-refractivity contribution in [3.8, 4) is 0 Å². The van der Waals surface area contributed by atoms with Gasteiger partial charge < -0.3 is 4.90 Å². The summed E-state index contributed by atoms with van der Waals surface area (Å²) in [6.07, 6.45) is 2.35. The van der Waals surface area contributed by atoms with Gasteiger partial charge in [-0.25, -0.2) is 8.42 Å². The lowest BCUT2D eigenvalue weighted by Gasteiger charge is -2.40. The van der Waals surface area contributed by atoms with Crippen LogP contribution in [-0.4, -0.2) is 62.6 Å². The van der Waals surface area contributed by atoms with Crippen LogP contribution in [0.25, 0.3) is 0 Å². The van der Waals surface area contributed by atoms with Crippen molar-refractivity contribution < 1.29 is 8.42 Å². The lowest BCUT2D eigenvalue weighted by molar-refractivity contribution is 0.190.